The number of para-hydroxylation sites is 1. The van der Waals surface area contributed by atoms with Gasteiger partial charge in [0.05, 0.1) is 18.0 Å². The van der Waals surface area contributed by atoms with E-state index in [9.17, 15) is 0 Å². The summed E-state index contributed by atoms with van der Waals surface area (Å²) in [5.74, 6) is 0.740. The quantitative estimate of drug-likeness (QED) is 0.592. The summed E-state index contributed by atoms with van der Waals surface area (Å²) < 4.78 is 5.42. The molecule has 0 fully saturated rings. The Bertz CT molecular complexity index is 368. The third-order valence-corrected chi connectivity index (χ3v) is 2.17. The molecule has 0 aliphatic heterocycles. The summed E-state index contributed by atoms with van der Waals surface area (Å²) in [6, 6.07) is 5.77. The molecule has 0 unspecified atom stereocenters. The number of nitrogen functional groups attached to an aromatic ring is 1. The van der Waals surface area contributed by atoms with Gasteiger partial charge >= 0.3 is 0 Å². The largest absolute Gasteiger partial charge is 0.492 e. The summed E-state index contributed by atoms with van der Waals surface area (Å²) >= 11 is 0. The topological polar surface area (TPSA) is 47.3 Å². The van der Waals surface area contributed by atoms with E-state index < -0.39 is 0 Å². The fourth-order valence-electron chi connectivity index (χ4n) is 1.34. The first-order valence-corrected chi connectivity index (χ1v) is 5.53. The van der Waals surface area contributed by atoms with Gasteiger partial charge in [-0.25, -0.2) is 0 Å². The van der Waals surface area contributed by atoms with Crippen molar-refractivity contribution < 1.29 is 4.74 Å². The van der Waals surface area contributed by atoms with Gasteiger partial charge in [0, 0.05) is 6.54 Å². The van der Waals surface area contributed by atoms with Gasteiger partial charge in [0.1, 0.15) is 5.75 Å². The molecule has 3 nitrogen and oxygen atoms in total. The Kier molecular flexibility index (Phi) is 4.70. The van der Waals surface area contributed by atoms with Crippen molar-refractivity contribution >= 4 is 11.4 Å². The van der Waals surface area contributed by atoms with Gasteiger partial charge in [-0.15, -0.1) is 0 Å². The number of nitrogens with two attached hydrogens (primary N) is 1. The number of hydrogen-bond acceptors (Lipinski definition) is 3. The molecule has 16 heavy (non-hydrogen) atoms. The maximum atomic E-state index is 5.98. The van der Waals surface area contributed by atoms with Crippen molar-refractivity contribution in [3.8, 4) is 5.75 Å². The van der Waals surface area contributed by atoms with Gasteiger partial charge in [0.25, 0.3) is 0 Å². The number of allylic oxidation sites excluding steroid dienone is 1. The normalized spacial score (nSPS) is 9.69. The monoisotopic (exact) mass is 220 g/mol. The third kappa shape index (κ3) is 3.50. The van der Waals surface area contributed by atoms with E-state index in [0.29, 0.717) is 12.3 Å². The number of nitrogens with one attached hydrogen (secondary N) is 1. The van der Waals surface area contributed by atoms with Crippen molar-refractivity contribution in [1.29, 1.82) is 0 Å². The molecule has 0 amide bonds. The van der Waals surface area contributed by atoms with Crippen LogP contribution in [0, 0.1) is 0 Å². The molecule has 0 radical (unpaired) electrons. The van der Waals surface area contributed by atoms with Gasteiger partial charge in [-0.05, 0) is 32.9 Å². The Morgan fingerprint density at radius 1 is 1.44 bits per heavy atom. The van der Waals surface area contributed by atoms with E-state index in [2.05, 4.69) is 25.2 Å². The minimum atomic E-state index is 0.627. The molecule has 3 heteroatoms. The van der Waals surface area contributed by atoms with Crippen LogP contribution in [-0.2, 0) is 0 Å². The van der Waals surface area contributed by atoms with Crippen LogP contribution < -0.4 is 15.8 Å². The molecular formula is C13H20N2O. The Hall–Kier alpha value is -1.64. The zero-order valence-corrected chi connectivity index (χ0v) is 10.2. The van der Waals surface area contributed by atoms with Crippen LogP contribution in [0.5, 0.6) is 5.75 Å². The zero-order valence-electron chi connectivity index (χ0n) is 10.2. The van der Waals surface area contributed by atoms with E-state index in [1.807, 2.05) is 25.1 Å². The molecule has 88 valence electrons. The molecule has 0 aliphatic carbocycles. The van der Waals surface area contributed by atoms with Gasteiger partial charge in [0.2, 0.25) is 0 Å². The summed E-state index contributed by atoms with van der Waals surface area (Å²) in [7, 11) is 0. The minimum Gasteiger partial charge on any atom is -0.492 e. The van der Waals surface area contributed by atoms with Crippen molar-refractivity contribution in [2.45, 2.75) is 20.8 Å². The molecule has 0 heterocycles. The molecule has 0 spiro atoms. The van der Waals surface area contributed by atoms with Crippen LogP contribution >= 0.6 is 0 Å². The second-order valence-electron chi connectivity index (χ2n) is 3.81. The molecule has 1 aromatic rings. The van der Waals surface area contributed by atoms with Crippen molar-refractivity contribution in [1.82, 2.24) is 0 Å². The fraction of sp³-hybridized carbons (Fsp3) is 0.385. The minimum absolute atomic E-state index is 0.627. The highest BCUT2D eigenvalue weighted by Gasteiger charge is 2.03. The van der Waals surface area contributed by atoms with Gasteiger partial charge < -0.3 is 15.8 Å². The lowest BCUT2D eigenvalue weighted by Gasteiger charge is -2.12. The van der Waals surface area contributed by atoms with Crippen LogP contribution in [0.2, 0.25) is 0 Å². The van der Waals surface area contributed by atoms with Crippen LogP contribution in [0.25, 0.3) is 0 Å². The summed E-state index contributed by atoms with van der Waals surface area (Å²) in [6.07, 6.45) is 2.12. The second kappa shape index (κ2) is 6.05. The van der Waals surface area contributed by atoms with E-state index >= 15 is 0 Å². The lowest BCUT2D eigenvalue weighted by molar-refractivity contribution is 0.342. The molecule has 1 aromatic carbocycles. The molecule has 0 saturated carbocycles. The highest BCUT2D eigenvalue weighted by atomic mass is 16.5. The van der Waals surface area contributed by atoms with E-state index in [4.69, 9.17) is 10.5 Å². The highest BCUT2D eigenvalue weighted by Crippen LogP contribution is 2.29. The van der Waals surface area contributed by atoms with E-state index in [1.54, 1.807) is 0 Å². The Morgan fingerprint density at radius 2 is 2.19 bits per heavy atom. The molecule has 0 saturated heterocycles. The number of anilines is 2. The van der Waals surface area contributed by atoms with Gasteiger partial charge in [-0.3, -0.25) is 0 Å². The molecule has 1 rings (SSSR count). The van der Waals surface area contributed by atoms with Crippen LogP contribution in [0.1, 0.15) is 20.8 Å². The van der Waals surface area contributed by atoms with Crippen LogP contribution in [0.3, 0.4) is 0 Å². The Labute approximate surface area is 97.3 Å². The predicted molar refractivity (Wildman–Crippen MR) is 69.9 cm³/mol. The van der Waals surface area contributed by atoms with Crippen molar-refractivity contribution in [2.75, 3.05) is 24.2 Å². The smallest absolute Gasteiger partial charge is 0.144 e. The van der Waals surface area contributed by atoms with Crippen molar-refractivity contribution in [3.63, 3.8) is 0 Å². The maximum Gasteiger partial charge on any atom is 0.144 e. The standard InChI is InChI=1S/C13H20N2O/c1-4-16-12-7-5-6-11(13(12)14)15-9-8-10(2)3/h5-8,15H,4,9,14H2,1-3H3. The lowest BCUT2D eigenvalue weighted by atomic mass is 10.2. The van der Waals surface area contributed by atoms with Crippen molar-refractivity contribution in [3.05, 3.63) is 29.8 Å². The first-order chi connectivity index (χ1) is 7.65. The fourth-order valence-corrected chi connectivity index (χ4v) is 1.34. The summed E-state index contributed by atoms with van der Waals surface area (Å²) in [6.45, 7) is 7.50. The van der Waals surface area contributed by atoms with Gasteiger partial charge in [-0.1, -0.05) is 17.7 Å². The van der Waals surface area contributed by atoms with E-state index in [1.165, 1.54) is 5.57 Å². The van der Waals surface area contributed by atoms with Crippen LogP contribution in [-0.4, -0.2) is 13.2 Å². The predicted octanol–water partition coefficient (Wildman–Crippen LogP) is 3.05. The summed E-state index contributed by atoms with van der Waals surface area (Å²) in [5, 5.41) is 3.26. The molecule has 0 atom stereocenters. The zero-order chi connectivity index (χ0) is 12.0. The lowest BCUT2D eigenvalue weighted by Crippen LogP contribution is -2.04. The first kappa shape index (κ1) is 12.4. The SMILES string of the molecule is CCOc1cccc(NCC=C(C)C)c1N. The number of rotatable bonds is 5. The molecular weight excluding hydrogens is 200 g/mol. The highest BCUT2D eigenvalue weighted by molar-refractivity contribution is 5.73. The number of hydrogen-bond donors (Lipinski definition) is 2. The molecule has 0 bridgehead atoms. The second-order valence-corrected chi connectivity index (χ2v) is 3.81. The van der Waals surface area contributed by atoms with Gasteiger partial charge in [-0.2, -0.15) is 0 Å². The third-order valence-electron chi connectivity index (χ3n) is 2.17. The summed E-state index contributed by atoms with van der Waals surface area (Å²) in [4.78, 5) is 0. The van der Waals surface area contributed by atoms with Crippen molar-refractivity contribution in [2.24, 2.45) is 0 Å². The molecule has 3 N–H and O–H groups in total. The Morgan fingerprint density at radius 3 is 2.81 bits per heavy atom. The molecule has 0 aliphatic rings. The average Bonchev–Trinajstić information content (AvgIpc) is 2.23. The first-order valence-electron chi connectivity index (χ1n) is 5.53. The van der Waals surface area contributed by atoms with Crippen LogP contribution in [0.4, 0.5) is 11.4 Å². The number of benzene rings is 1. The average molecular weight is 220 g/mol. The van der Waals surface area contributed by atoms with E-state index in [0.717, 1.165) is 18.0 Å². The van der Waals surface area contributed by atoms with E-state index in [-0.39, 0.29) is 0 Å². The Balaban J connectivity index is 2.73. The molecule has 0 aromatic heterocycles. The summed E-state index contributed by atoms with van der Waals surface area (Å²) in [5.41, 5.74) is 8.85. The van der Waals surface area contributed by atoms with Gasteiger partial charge in [0.15, 0.2) is 0 Å². The maximum absolute atomic E-state index is 5.98. The van der Waals surface area contributed by atoms with Crippen LogP contribution in [0.15, 0.2) is 29.8 Å². The number of ether oxygens (including phenoxy) is 1.